The molecule has 0 N–H and O–H groups in total. The van der Waals surface area contributed by atoms with Gasteiger partial charge in [0.25, 0.3) is 5.56 Å². The molecule has 0 aliphatic heterocycles. The molecule has 0 atom stereocenters. The maximum Gasteiger partial charge on any atom is 0.274 e. The Hall–Kier alpha value is -2.49. The van der Waals surface area contributed by atoms with Gasteiger partial charge in [-0.05, 0) is 37.0 Å². The van der Waals surface area contributed by atoms with E-state index < -0.39 is 0 Å². The van der Waals surface area contributed by atoms with Gasteiger partial charge < -0.3 is 0 Å². The van der Waals surface area contributed by atoms with E-state index in [0.29, 0.717) is 5.92 Å². The minimum absolute atomic E-state index is 0.0174. The van der Waals surface area contributed by atoms with Gasteiger partial charge in [0.05, 0.1) is 5.39 Å². The maximum atomic E-state index is 12.9. The highest BCUT2D eigenvalue weighted by Crippen LogP contribution is 2.27. The lowest BCUT2D eigenvalue weighted by Crippen LogP contribution is -2.28. The Kier molecular flexibility index (Phi) is 4.11. The highest BCUT2D eigenvalue weighted by atomic mass is 16.1. The Balaban J connectivity index is 1.85. The summed E-state index contributed by atoms with van der Waals surface area (Å²) in [6.07, 6.45) is 9.81. The van der Waals surface area contributed by atoms with Gasteiger partial charge >= 0.3 is 0 Å². The highest BCUT2D eigenvalue weighted by molar-refractivity contribution is 5.93. The van der Waals surface area contributed by atoms with Crippen molar-refractivity contribution in [2.45, 2.75) is 38.6 Å². The minimum atomic E-state index is 0.0174. The molecule has 0 spiro atoms. The third-order valence-electron chi connectivity index (χ3n) is 4.96. The molecule has 1 fully saturated rings. The summed E-state index contributed by atoms with van der Waals surface area (Å²) in [4.78, 5) is 17.1. The third-order valence-corrected chi connectivity index (χ3v) is 4.96. The molecule has 24 heavy (non-hydrogen) atoms. The predicted octanol–water partition coefficient (Wildman–Crippen LogP) is 4.04. The zero-order valence-corrected chi connectivity index (χ0v) is 13.7. The first kappa shape index (κ1) is 15.1. The van der Waals surface area contributed by atoms with Crippen molar-refractivity contribution < 1.29 is 0 Å². The molecule has 4 rings (SSSR count). The maximum absolute atomic E-state index is 12.9. The van der Waals surface area contributed by atoms with Gasteiger partial charge in [0.1, 0.15) is 5.69 Å². The Labute approximate surface area is 141 Å². The molecule has 1 aliphatic rings. The lowest BCUT2D eigenvalue weighted by Gasteiger charge is -2.22. The molecule has 2 aromatic heterocycles. The highest BCUT2D eigenvalue weighted by Gasteiger charge is 2.17. The van der Waals surface area contributed by atoms with Crippen LogP contribution in [-0.2, 0) is 6.54 Å². The number of hydrogen-bond acceptors (Lipinski definition) is 3. The third kappa shape index (κ3) is 2.84. The summed E-state index contributed by atoms with van der Waals surface area (Å²) in [6, 6.07) is 11.6. The first-order chi connectivity index (χ1) is 11.8. The van der Waals surface area contributed by atoms with Crippen molar-refractivity contribution in [2.24, 2.45) is 5.92 Å². The second-order valence-electron chi connectivity index (χ2n) is 6.63. The molecule has 4 heteroatoms. The van der Waals surface area contributed by atoms with Crippen molar-refractivity contribution >= 4 is 10.8 Å². The van der Waals surface area contributed by atoms with Crippen molar-refractivity contribution in [1.82, 2.24) is 14.8 Å². The second kappa shape index (κ2) is 6.56. The van der Waals surface area contributed by atoms with Crippen molar-refractivity contribution in [3.63, 3.8) is 0 Å². The molecule has 1 aromatic carbocycles. The topological polar surface area (TPSA) is 47.8 Å². The number of aromatic nitrogens is 3. The molecule has 1 aliphatic carbocycles. The van der Waals surface area contributed by atoms with Crippen molar-refractivity contribution in [1.29, 1.82) is 0 Å². The van der Waals surface area contributed by atoms with Crippen LogP contribution >= 0.6 is 0 Å². The molecule has 1 saturated carbocycles. The monoisotopic (exact) mass is 319 g/mol. The van der Waals surface area contributed by atoms with Gasteiger partial charge in [-0.25, -0.2) is 4.68 Å². The molecule has 3 aromatic rings. The molecule has 122 valence electrons. The van der Waals surface area contributed by atoms with E-state index >= 15 is 0 Å². The first-order valence-corrected chi connectivity index (χ1v) is 8.73. The van der Waals surface area contributed by atoms with Gasteiger partial charge in [-0.15, -0.1) is 0 Å². The van der Waals surface area contributed by atoms with Crippen LogP contribution in [0.5, 0.6) is 0 Å². The van der Waals surface area contributed by atoms with E-state index in [4.69, 9.17) is 5.10 Å². The molecule has 0 radical (unpaired) electrons. The molecule has 0 amide bonds. The molecule has 0 unspecified atom stereocenters. The standard InChI is InChI=1S/C20H21N3O/c24-20-18-11-5-4-10-17(18)19(16-9-6-12-21-13-16)22-23(20)14-15-7-2-1-3-8-15/h4-6,9-13,15H,1-3,7-8,14H2. The van der Waals surface area contributed by atoms with Crippen LogP contribution in [-0.4, -0.2) is 14.8 Å². The average molecular weight is 319 g/mol. The summed E-state index contributed by atoms with van der Waals surface area (Å²) in [5.74, 6) is 0.562. The lowest BCUT2D eigenvalue weighted by molar-refractivity contribution is 0.304. The van der Waals surface area contributed by atoms with Crippen molar-refractivity contribution in [2.75, 3.05) is 0 Å². The summed E-state index contributed by atoms with van der Waals surface area (Å²) >= 11 is 0. The average Bonchev–Trinajstić information content (AvgIpc) is 2.66. The van der Waals surface area contributed by atoms with E-state index in [0.717, 1.165) is 28.6 Å². The smallest absolute Gasteiger partial charge is 0.267 e. The van der Waals surface area contributed by atoms with Crippen LogP contribution in [0.2, 0.25) is 0 Å². The fourth-order valence-electron chi connectivity index (χ4n) is 3.69. The fourth-order valence-corrected chi connectivity index (χ4v) is 3.69. The van der Waals surface area contributed by atoms with Crippen LogP contribution in [0.25, 0.3) is 22.0 Å². The molecular weight excluding hydrogens is 298 g/mol. The first-order valence-electron chi connectivity index (χ1n) is 8.73. The van der Waals surface area contributed by atoms with Gasteiger partial charge in [0.2, 0.25) is 0 Å². The Morgan fingerprint density at radius 2 is 1.79 bits per heavy atom. The van der Waals surface area contributed by atoms with Gasteiger partial charge in [0, 0.05) is 29.9 Å². The predicted molar refractivity (Wildman–Crippen MR) is 95.8 cm³/mol. The molecule has 0 saturated heterocycles. The van der Waals surface area contributed by atoms with Crippen molar-refractivity contribution in [3.8, 4) is 11.3 Å². The Morgan fingerprint density at radius 3 is 2.54 bits per heavy atom. The van der Waals surface area contributed by atoms with E-state index in [-0.39, 0.29) is 5.56 Å². The number of fused-ring (bicyclic) bond motifs is 1. The van der Waals surface area contributed by atoms with E-state index in [9.17, 15) is 4.79 Å². The van der Waals surface area contributed by atoms with Gasteiger partial charge in [-0.3, -0.25) is 9.78 Å². The number of hydrogen-bond donors (Lipinski definition) is 0. The van der Waals surface area contributed by atoms with Crippen LogP contribution in [0, 0.1) is 5.92 Å². The summed E-state index contributed by atoms with van der Waals surface area (Å²) < 4.78 is 1.68. The van der Waals surface area contributed by atoms with Crippen molar-refractivity contribution in [3.05, 3.63) is 59.1 Å². The quantitative estimate of drug-likeness (QED) is 0.732. The molecule has 2 heterocycles. The summed E-state index contributed by atoms with van der Waals surface area (Å²) in [7, 11) is 0. The number of benzene rings is 1. The zero-order chi connectivity index (χ0) is 16.4. The van der Waals surface area contributed by atoms with E-state index in [1.54, 1.807) is 10.9 Å². The normalized spacial score (nSPS) is 15.7. The summed E-state index contributed by atoms with van der Waals surface area (Å²) in [5.41, 5.74) is 1.81. The van der Waals surface area contributed by atoms with Gasteiger partial charge in [-0.1, -0.05) is 37.5 Å². The second-order valence-corrected chi connectivity index (χ2v) is 6.63. The van der Waals surface area contributed by atoms with Crippen LogP contribution < -0.4 is 5.56 Å². The summed E-state index contributed by atoms with van der Waals surface area (Å²) in [5, 5.41) is 6.37. The van der Waals surface area contributed by atoms with Gasteiger partial charge in [-0.2, -0.15) is 5.10 Å². The Bertz CT molecular complexity index is 896. The number of rotatable bonds is 3. The number of pyridine rings is 1. The molecule has 0 bridgehead atoms. The largest absolute Gasteiger partial charge is 0.274 e. The zero-order valence-electron chi connectivity index (χ0n) is 13.7. The van der Waals surface area contributed by atoms with E-state index in [1.165, 1.54) is 32.1 Å². The van der Waals surface area contributed by atoms with Crippen LogP contribution in [0.1, 0.15) is 32.1 Å². The van der Waals surface area contributed by atoms with E-state index in [2.05, 4.69) is 4.98 Å². The SMILES string of the molecule is O=c1c2ccccc2c(-c2cccnc2)nn1CC1CCCCC1. The van der Waals surface area contributed by atoms with E-state index in [1.807, 2.05) is 42.6 Å². The number of nitrogens with zero attached hydrogens (tertiary/aromatic N) is 3. The Morgan fingerprint density at radius 1 is 1.00 bits per heavy atom. The van der Waals surface area contributed by atoms with Crippen LogP contribution in [0.3, 0.4) is 0 Å². The lowest BCUT2D eigenvalue weighted by atomic mass is 9.89. The fraction of sp³-hybridized carbons (Fsp3) is 0.350. The minimum Gasteiger partial charge on any atom is -0.267 e. The van der Waals surface area contributed by atoms with Crippen LogP contribution in [0.15, 0.2) is 53.6 Å². The van der Waals surface area contributed by atoms with Gasteiger partial charge in [0.15, 0.2) is 0 Å². The summed E-state index contributed by atoms with van der Waals surface area (Å²) in [6.45, 7) is 0.719. The molecule has 4 nitrogen and oxygen atoms in total. The molecular formula is C20H21N3O. The van der Waals surface area contributed by atoms with Crippen LogP contribution in [0.4, 0.5) is 0 Å².